The molecule has 0 aliphatic heterocycles. The van der Waals surface area contributed by atoms with Crippen molar-refractivity contribution in [2.24, 2.45) is 0 Å². The third kappa shape index (κ3) is 1.34. The van der Waals surface area contributed by atoms with E-state index in [2.05, 4.69) is 9.97 Å². The lowest BCUT2D eigenvalue weighted by atomic mass is 9.79. The highest BCUT2D eigenvalue weighted by atomic mass is 19.1. The van der Waals surface area contributed by atoms with E-state index in [4.69, 9.17) is 10.0 Å². The van der Waals surface area contributed by atoms with Crippen LogP contribution in [0.2, 0.25) is 0 Å². The molecule has 14 heavy (non-hydrogen) atoms. The number of hydrogen-bond donors (Lipinski definition) is 2. The van der Waals surface area contributed by atoms with Gasteiger partial charge in [0.05, 0.1) is 5.52 Å². The van der Waals surface area contributed by atoms with Gasteiger partial charge in [-0.1, -0.05) is 6.07 Å². The molecule has 1 aromatic carbocycles. The molecule has 0 aliphatic rings. The summed E-state index contributed by atoms with van der Waals surface area (Å²) in [6, 6.07) is 2.76. The van der Waals surface area contributed by atoms with Crippen molar-refractivity contribution in [3.05, 3.63) is 30.3 Å². The highest BCUT2D eigenvalue weighted by Gasteiger charge is 2.18. The molecule has 0 unspecified atom stereocenters. The topological polar surface area (TPSA) is 66.2 Å². The Bertz CT molecular complexity index is 478. The molecule has 0 atom stereocenters. The Hall–Kier alpha value is -1.53. The van der Waals surface area contributed by atoms with Gasteiger partial charge < -0.3 is 10.0 Å². The van der Waals surface area contributed by atoms with Crippen LogP contribution >= 0.6 is 0 Å². The predicted octanol–water partition coefficient (Wildman–Crippen LogP) is -0.551. The van der Waals surface area contributed by atoms with Gasteiger partial charge >= 0.3 is 7.12 Å². The van der Waals surface area contributed by atoms with Crippen LogP contribution in [0.15, 0.2) is 24.5 Å². The molecule has 0 saturated heterocycles. The molecular formula is C8H6BFN2O2. The number of benzene rings is 1. The van der Waals surface area contributed by atoms with Gasteiger partial charge in [-0.05, 0) is 6.07 Å². The lowest BCUT2D eigenvalue weighted by molar-refractivity contribution is 0.423. The zero-order chi connectivity index (χ0) is 10.1. The van der Waals surface area contributed by atoms with E-state index in [9.17, 15) is 4.39 Å². The first-order valence-corrected chi connectivity index (χ1v) is 3.95. The summed E-state index contributed by atoms with van der Waals surface area (Å²) in [5.74, 6) is -0.745. The third-order valence-corrected chi connectivity index (χ3v) is 1.89. The molecule has 2 aromatic rings. The first-order valence-electron chi connectivity index (χ1n) is 3.95. The van der Waals surface area contributed by atoms with Gasteiger partial charge in [0.2, 0.25) is 0 Å². The van der Waals surface area contributed by atoms with Crippen LogP contribution in [0.5, 0.6) is 0 Å². The molecule has 0 fully saturated rings. The van der Waals surface area contributed by atoms with Crippen molar-refractivity contribution in [2.45, 2.75) is 0 Å². The van der Waals surface area contributed by atoms with Gasteiger partial charge in [-0.15, -0.1) is 0 Å². The van der Waals surface area contributed by atoms with Crippen LogP contribution in [0.4, 0.5) is 4.39 Å². The Morgan fingerprint density at radius 1 is 1.14 bits per heavy atom. The van der Waals surface area contributed by atoms with E-state index < -0.39 is 12.9 Å². The number of aromatic nitrogens is 2. The maximum absolute atomic E-state index is 13.5. The van der Waals surface area contributed by atoms with Crippen LogP contribution in [-0.4, -0.2) is 27.1 Å². The SMILES string of the molecule is OB(O)c1ccc2nccnc2c1F. The molecule has 0 amide bonds. The summed E-state index contributed by atoms with van der Waals surface area (Å²) in [5, 5.41) is 17.7. The highest BCUT2D eigenvalue weighted by Crippen LogP contribution is 2.10. The summed E-state index contributed by atoms with van der Waals surface area (Å²) in [6.45, 7) is 0. The molecule has 4 nitrogen and oxygen atoms in total. The van der Waals surface area contributed by atoms with Gasteiger partial charge in [-0.25, -0.2) is 9.37 Å². The maximum Gasteiger partial charge on any atom is 0.491 e. The van der Waals surface area contributed by atoms with Crippen molar-refractivity contribution in [3.63, 3.8) is 0 Å². The van der Waals surface area contributed by atoms with E-state index in [0.717, 1.165) is 0 Å². The average molecular weight is 192 g/mol. The van der Waals surface area contributed by atoms with Gasteiger partial charge in [0, 0.05) is 17.9 Å². The smallest absolute Gasteiger partial charge is 0.423 e. The van der Waals surface area contributed by atoms with Crippen molar-refractivity contribution in [2.75, 3.05) is 0 Å². The Balaban J connectivity index is 2.75. The molecule has 1 heterocycles. The molecule has 0 bridgehead atoms. The molecule has 0 saturated carbocycles. The molecule has 0 spiro atoms. The fraction of sp³-hybridized carbons (Fsp3) is 0. The van der Waals surface area contributed by atoms with Gasteiger partial charge in [-0.3, -0.25) is 4.98 Å². The molecule has 6 heteroatoms. The van der Waals surface area contributed by atoms with Crippen molar-refractivity contribution in [1.29, 1.82) is 0 Å². The van der Waals surface area contributed by atoms with Crippen LogP contribution in [0.25, 0.3) is 11.0 Å². The minimum atomic E-state index is -1.83. The standard InChI is InChI=1S/C8H6BFN2O2/c10-7-5(9(13)14)1-2-6-8(7)12-4-3-11-6/h1-4,13-14H. The zero-order valence-corrected chi connectivity index (χ0v) is 7.05. The second-order valence-corrected chi connectivity index (χ2v) is 2.77. The molecule has 1 aromatic heterocycles. The van der Waals surface area contributed by atoms with Crippen molar-refractivity contribution >= 4 is 23.6 Å². The predicted molar refractivity (Wildman–Crippen MR) is 49.3 cm³/mol. The number of halogens is 1. The van der Waals surface area contributed by atoms with Crippen LogP contribution in [0, 0.1) is 5.82 Å². The Labute approximate surface area is 79.2 Å². The minimum Gasteiger partial charge on any atom is -0.423 e. The maximum atomic E-state index is 13.5. The van der Waals surface area contributed by atoms with Gasteiger partial charge in [0.15, 0.2) is 5.82 Å². The first kappa shape index (κ1) is 9.05. The normalized spacial score (nSPS) is 10.5. The number of rotatable bonds is 1. The first-order chi connectivity index (χ1) is 6.70. The van der Waals surface area contributed by atoms with Crippen molar-refractivity contribution < 1.29 is 14.4 Å². The molecule has 2 N–H and O–H groups in total. The van der Waals surface area contributed by atoms with E-state index in [0.29, 0.717) is 5.52 Å². The minimum absolute atomic E-state index is 0.0399. The number of nitrogens with zero attached hydrogens (tertiary/aromatic N) is 2. The van der Waals surface area contributed by atoms with Crippen LogP contribution < -0.4 is 5.46 Å². The van der Waals surface area contributed by atoms with Crippen molar-refractivity contribution in [3.8, 4) is 0 Å². The number of hydrogen-bond acceptors (Lipinski definition) is 4. The lowest BCUT2D eigenvalue weighted by Crippen LogP contribution is -2.32. The van der Waals surface area contributed by atoms with Crippen LogP contribution in [0.3, 0.4) is 0 Å². The van der Waals surface area contributed by atoms with Gasteiger partial charge in [0.25, 0.3) is 0 Å². The Kier molecular flexibility index (Phi) is 2.15. The fourth-order valence-electron chi connectivity index (χ4n) is 1.22. The summed E-state index contributed by atoms with van der Waals surface area (Å²) in [4.78, 5) is 7.64. The molecule has 0 radical (unpaired) electrons. The summed E-state index contributed by atoms with van der Waals surface area (Å²) < 4.78 is 13.5. The lowest BCUT2D eigenvalue weighted by Gasteiger charge is -2.03. The van der Waals surface area contributed by atoms with Crippen LogP contribution in [0.1, 0.15) is 0 Å². The second kappa shape index (κ2) is 3.32. The molecule has 2 rings (SSSR count). The van der Waals surface area contributed by atoms with E-state index in [-0.39, 0.29) is 11.0 Å². The summed E-state index contributed by atoms with van der Waals surface area (Å²) in [5.41, 5.74) is 0.227. The monoisotopic (exact) mass is 192 g/mol. The van der Waals surface area contributed by atoms with Crippen molar-refractivity contribution in [1.82, 2.24) is 9.97 Å². The van der Waals surface area contributed by atoms with Gasteiger partial charge in [0.1, 0.15) is 5.52 Å². The molecule has 70 valence electrons. The Morgan fingerprint density at radius 2 is 1.86 bits per heavy atom. The Morgan fingerprint density at radius 3 is 2.57 bits per heavy atom. The van der Waals surface area contributed by atoms with E-state index in [1.54, 1.807) is 0 Å². The van der Waals surface area contributed by atoms with E-state index in [1.807, 2.05) is 0 Å². The molecule has 0 aliphatic carbocycles. The fourth-order valence-corrected chi connectivity index (χ4v) is 1.22. The van der Waals surface area contributed by atoms with E-state index in [1.165, 1.54) is 24.5 Å². The summed E-state index contributed by atoms with van der Waals surface area (Å²) in [6.07, 6.45) is 2.79. The zero-order valence-electron chi connectivity index (χ0n) is 7.05. The number of fused-ring (bicyclic) bond motifs is 1. The second-order valence-electron chi connectivity index (χ2n) is 2.77. The third-order valence-electron chi connectivity index (χ3n) is 1.89. The van der Waals surface area contributed by atoms with Crippen LogP contribution in [-0.2, 0) is 0 Å². The van der Waals surface area contributed by atoms with Gasteiger partial charge in [-0.2, -0.15) is 0 Å². The summed E-state index contributed by atoms with van der Waals surface area (Å²) in [7, 11) is -1.83. The summed E-state index contributed by atoms with van der Waals surface area (Å²) >= 11 is 0. The average Bonchev–Trinajstić information content (AvgIpc) is 2.18. The quantitative estimate of drug-likeness (QED) is 0.594. The largest absolute Gasteiger partial charge is 0.491 e. The van der Waals surface area contributed by atoms with E-state index >= 15 is 0 Å². The molecular weight excluding hydrogens is 186 g/mol. The highest BCUT2D eigenvalue weighted by molar-refractivity contribution is 6.59.